The molecule has 3 aromatic carbocycles. The average molecular weight is 487 g/mol. The number of hydrogen-bond donors (Lipinski definition) is 1. The maximum absolute atomic E-state index is 13.6. The van der Waals surface area contributed by atoms with E-state index in [0.717, 1.165) is 44.8 Å². The SMILES string of the molecule is Cc1ccc(CN2C(=O)c3ccccc3[C@@H]2c2c(-c3ccc(Cl)cc3Cl)[nH]c3ccccc23)o1. The summed E-state index contributed by atoms with van der Waals surface area (Å²) < 4.78 is 5.86. The third-order valence-electron chi connectivity index (χ3n) is 6.40. The topological polar surface area (TPSA) is 49.2 Å². The summed E-state index contributed by atoms with van der Waals surface area (Å²) in [6.07, 6.45) is 0. The number of halogens is 2. The molecule has 1 aliphatic rings. The molecule has 0 aliphatic carbocycles. The van der Waals surface area contributed by atoms with Gasteiger partial charge in [-0.2, -0.15) is 0 Å². The van der Waals surface area contributed by atoms with Gasteiger partial charge in [-0.1, -0.05) is 59.6 Å². The van der Waals surface area contributed by atoms with E-state index in [1.54, 1.807) is 6.07 Å². The van der Waals surface area contributed by atoms with Crippen molar-refractivity contribution in [3.05, 3.63) is 117 Å². The Morgan fingerprint density at radius 2 is 1.74 bits per heavy atom. The van der Waals surface area contributed by atoms with Crippen LogP contribution in [-0.2, 0) is 6.54 Å². The van der Waals surface area contributed by atoms with E-state index in [1.165, 1.54) is 0 Å². The molecule has 4 nitrogen and oxygen atoms in total. The summed E-state index contributed by atoms with van der Waals surface area (Å²) >= 11 is 12.9. The Morgan fingerprint density at radius 3 is 2.53 bits per heavy atom. The maximum atomic E-state index is 13.6. The number of furan rings is 1. The molecule has 6 rings (SSSR count). The first-order chi connectivity index (χ1) is 16.5. The summed E-state index contributed by atoms with van der Waals surface area (Å²) in [7, 11) is 0. The van der Waals surface area contributed by atoms with E-state index in [4.69, 9.17) is 27.6 Å². The predicted molar refractivity (Wildman–Crippen MR) is 135 cm³/mol. The maximum Gasteiger partial charge on any atom is 0.255 e. The van der Waals surface area contributed by atoms with Crippen molar-refractivity contribution >= 4 is 40.0 Å². The van der Waals surface area contributed by atoms with Gasteiger partial charge in [-0.05, 0) is 55.0 Å². The lowest BCUT2D eigenvalue weighted by Gasteiger charge is -2.26. The van der Waals surface area contributed by atoms with Crippen molar-refractivity contribution in [2.24, 2.45) is 0 Å². The molecule has 1 aliphatic heterocycles. The van der Waals surface area contributed by atoms with Crippen molar-refractivity contribution in [2.75, 3.05) is 0 Å². The number of fused-ring (bicyclic) bond motifs is 2. The number of rotatable bonds is 4. The highest BCUT2D eigenvalue weighted by atomic mass is 35.5. The van der Waals surface area contributed by atoms with Crippen molar-refractivity contribution < 1.29 is 9.21 Å². The minimum absolute atomic E-state index is 0.0203. The van der Waals surface area contributed by atoms with Gasteiger partial charge in [-0.3, -0.25) is 4.79 Å². The number of H-pyrrole nitrogens is 1. The van der Waals surface area contributed by atoms with Gasteiger partial charge in [0.2, 0.25) is 0 Å². The van der Waals surface area contributed by atoms with Crippen LogP contribution in [0.15, 0.2) is 83.3 Å². The van der Waals surface area contributed by atoms with Crippen LogP contribution < -0.4 is 0 Å². The van der Waals surface area contributed by atoms with Crippen molar-refractivity contribution in [1.82, 2.24) is 9.88 Å². The Kier molecular flexibility index (Phi) is 5.01. The summed E-state index contributed by atoms with van der Waals surface area (Å²) in [6, 6.07) is 24.9. The van der Waals surface area contributed by atoms with Crippen LogP contribution in [0.3, 0.4) is 0 Å². The molecule has 6 heteroatoms. The van der Waals surface area contributed by atoms with Crippen molar-refractivity contribution in [3.63, 3.8) is 0 Å². The zero-order valence-electron chi connectivity index (χ0n) is 18.3. The Bertz CT molecular complexity index is 1570. The number of amides is 1. The van der Waals surface area contributed by atoms with E-state index in [0.29, 0.717) is 22.2 Å². The summed E-state index contributed by atoms with van der Waals surface area (Å²) in [6.45, 7) is 2.27. The van der Waals surface area contributed by atoms with Crippen LogP contribution in [0.4, 0.5) is 0 Å². The molecule has 1 N–H and O–H groups in total. The zero-order chi connectivity index (χ0) is 23.4. The Labute approximate surface area is 206 Å². The number of carbonyl (C=O) groups excluding carboxylic acids is 1. The monoisotopic (exact) mass is 486 g/mol. The normalized spacial score (nSPS) is 15.3. The molecule has 1 amide bonds. The molecule has 0 saturated carbocycles. The molecule has 34 heavy (non-hydrogen) atoms. The first-order valence-electron chi connectivity index (χ1n) is 11.0. The number of carbonyl (C=O) groups is 1. The van der Waals surface area contributed by atoms with Gasteiger partial charge < -0.3 is 14.3 Å². The van der Waals surface area contributed by atoms with Crippen LogP contribution in [0.1, 0.15) is 39.0 Å². The number of benzene rings is 3. The molecule has 0 unspecified atom stereocenters. The van der Waals surface area contributed by atoms with Crippen LogP contribution >= 0.6 is 23.2 Å². The van der Waals surface area contributed by atoms with E-state index in [-0.39, 0.29) is 11.9 Å². The van der Waals surface area contributed by atoms with Crippen LogP contribution in [0, 0.1) is 6.92 Å². The van der Waals surface area contributed by atoms with Gasteiger partial charge >= 0.3 is 0 Å². The van der Waals surface area contributed by atoms with Crippen molar-refractivity contribution in [3.8, 4) is 11.3 Å². The average Bonchev–Trinajstić information content (AvgIpc) is 3.49. The lowest BCUT2D eigenvalue weighted by atomic mass is 9.93. The van der Waals surface area contributed by atoms with Gasteiger partial charge in [0.25, 0.3) is 5.91 Å². The van der Waals surface area contributed by atoms with Crippen LogP contribution in [-0.4, -0.2) is 15.8 Å². The summed E-state index contributed by atoms with van der Waals surface area (Å²) in [5, 5.41) is 2.16. The van der Waals surface area contributed by atoms with Crippen LogP contribution in [0.2, 0.25) is 10.0 Å². The van der Waals surface area contributed by atoms with Gasteiger partial charge in [-0.15, -0.1) is 0 Å². The molecule has 168 valence electrons. The van der Waals surface area contributed by atoms with Gasteiger partial charge in [-0.25, -0.2) is 0 Å². The molecule has 0 spiro atoms. The first-order valence-corrected chi connectivity index (χ1v) is 11.8. The second kappa shape index (κ2) is 8.08. The van der Waals surface area contributed by atoms with Gasteiger partial charge in [0.15, 0.2) is 0 Å². The lowest BCUT2D eigenvalue weighted by Crippen LogP contribution is -2.28. The van der Waals surface area contributed by atoms with Gasteiger partial charge in [0.1, 0.15) is 11.5 Å². The molecule has 1 atom stereocenters. The van der Waals surface area contributed by atoms with E-state index >= 15 is 0 Å². The second-order valence-corrected chi connectivity index (χ2v) is 9.36. The molecule has 3 heterocycles. The van der Waals surface area contributed by atoms with Crippen molar-refractivity contribution in [1.29, 1.82) is 0 Å². The highest BCUT2D eigenvalue weighted by Crippen LogP contribution is 2.47. The first kappa shape index (κ1) is 21.1. The molecule has 2 aromatic heterocycles. The molecule has 5 aromatic rings. The van der Waals surface area contributed by atoms with Gasteiger partial charge in [0.05, 0.1) is 23.3 Å². The Hall–Kier alpha value is -3.47. The highest BCUT2D eigenvalue weighted by Gasteiger charge is 2.40. The third kappa shape index (κ3) is 3.33. The van der Waals surface area contributed by atoms with Crippen LogP contribution in [0.5, 0.6) is 0 Å². The lowest BCUT2D eigenvalue weighted by molar-refractivity contribution is 0.0723. The predicted octanol–water partition coefficient (Wildman–Crippen LogP) is 7.79. The number of nitrogens with zero attached hydrogens (tertiary/aromatic N) is 1. The summed E-state index contributed by atoms with van der Waals surface area (Å²) in [5.74, 6) is 1.54. The minimum atomic E-state index is -0.313. The van der Waals surface area contributed by atoms with E-state index < -0.39 is 0 Å². The molecular formula is C28H20Cl2N2O2. The largest absolute Gasteiger partial charge is 0.464 e. The molecule has 0 bridgehead atoms. The zero-order valence-corrected chi connectivity index (χ0v) is 19.8. The smallest absolute Gasteiger partial charge is 0.255 e. The van der Waals surface area contributed by atoms with Gasteiger partial charge in [0, 0.05) is 32.6 Å². The number of aromatic amines is 1. The minimum Gasteiger partial charge on any atom is -0.464 e. The fraction of sp³-hybridized carbons (Fsp3) is 0.107. The standard InChI is InChI=1S/C28H20Cl2N2O2/c1-16-10-12-18(34-16)15-32-27(19-6-2-3-7-20(19)28(32)33)25-22-8-4-5-9-24(22)31-26(25)21-13-11-17(29)14-23(21)30/h2-14,27,31H,15H2,1H3/t27-/m1/s1. The second-order valence-electron chi connectivity index (χ2n) is 8.52. The molecule has 0 radical (unpaired) electrons. The number of aryl methyl sites for hydroxylation is 1. The van der Waals surface area contributed by atoms with E-state index in [1.807, 2.05) is 78.6 Å². The molecule has 0 fully saturated rings. The fourth-order valence-corrected chi connectivity index (χ4v) is 5.44. The highest BCUT2D eigenvalue weighted by molar-refractivity contribution is 6.36. The van der Waals surface area contributed by atoms with E-state index in [9.17, 15) is 4.79 Å². The summed E-state index contributed by atoms with van der Waals surface area (Å²) in [5.41, 5.74) is 5.35. The summed E-state index contributed by atoms with van der Waals surface area (Å²) in [4.78, 5) is 19.1. The van der Waals surface area contributed by atoms with E-state index in [2.05, 4.69) is 11.1 Å². The number of nitrogens with one attached hydrogen (secondary N) is 1. The fourth-order valence-electron chi connectivity index (χ4n) is 4.93. The third-order valence-corrected chi connectivity index (χ3v) is 6.95. The number of hydrogen-bond acceptors (Lipinski definition) is 2. The quantitative estimate of drug-likeness (QED) is 0.281. The van der Waals surface area contributed by atoms with Crippen LogP contribution in [0.25, 0.3) is 22.2 Å². The Balaban J connectivity index is 1.61. The Morgan fingerprint density at radius 1 is 0.941 bits per heavy atom. The number of aromatic nitrogens is 1. The molecule has 0 saturated heterocycles. The molecular weight excluding hydrogens is 467 g/mol. The van der Waals surface area contributed by atoms with Crippen molar-refractivity contribution in [2.45, 2.75) is 19.5 Å². The number of para-hydroxylation sites is 1.